The van der Waals surface area contributed by atoms with Crippen molar-refractivity contribution in [2.75, 3.05) is 6.54 Å². The van der Waals surface area contributed by atoms with E-state index in [-0.39, 0.29) is 0 Å². The minimum Gasteiger partial charge on any atom is -0.314 e. The van der Waals surface area contributed by atoms with Crippen LogP contribution in [0.25, 0.3) is 0 Å². The van der Waals surface area contributed by atoms with Gasteiger partial charge in [0, 0.05) is 12.6 Å². The van der Waals surface area contributed by atoms with E-state index in [9.17, 15) is 0 Å². The van der Waals surface area contributed by atoms with Gasteiger partial charge in [0.15, 0.2) is 0 Å². The smallest absolute Gasteiger partial charge is 0.00419 e. The maximum Gasteiger partial charge on any atom is 0.00419 e. The van der Waals surface area contributed by atoms with Gasteiger partial charge in [0.1, 0.15) is 0 Å². The van der Waals surface area contributed by atoms with Crippen LogP contribution < -0.4 is 5.32 Å². The summed E-state index contributed by atoms with van der Waals surface area (Å²) in [4.78, 5) is 0. The van der Waals surface area contributed by atoms with Crippen molar-refractivity contribution in [2.24, 2.45) is 0 Å². The Morgan fingerprint density at radius 2 is 1.94 bits per heavy atom. The summed E-state index contributed by atoms with van der Waals surface area (Å²) < 4.78 is 0. The molecule has 0 amide bonds. The molecular weight excluding hydrogens is 194 g/mol. The van der Waals surface area contributed by atoms with E-state index >= 15 is 0 Å². The highest BCUT2D eigenvalue weighted by atomic mass is 14.9. The molecular formula is C15H23N. The molecule has 1 nitrogen and oxygen atoms in total. The van der Waals surface area contributed by atoms with Gasteiger partial charge in [0.05, 0.1) is 0 Å². The third-order valence-electron chi connectivity index (χ3n) is 2.94. The Bertz CT molecular complexity index is 292. The lowest BCUT2D eigenvalue weighted by atomic mass is 10.0. The zero-order valence-corrected chi connectivity index (χ0v) is 10.4. The Morgan fingerprint density at radius 3 is 2.56 bits per heavy atom. The number of allylic oxidation sites excluding steroid dienone is 1. The molecule has 0 saturated heterocycles. The molecule has 0 spiro atoms. The molecule has 1 rings (SSSR count). The van der Waals surface area contributed by atoms with Crippen LogP contribution in [0.3, 0.4) is 0 Å². The van der Waals surface area contributed by atoms with Crippen LogP contribution in [-0.4, -0.2) is 12.6 Å². The first-order valence-electron chi connectivity index (χ1n) is 6.13. The molecule has 2 atom stereocenters. The molecule has 2 unspecified atom stereocenters. The second-order valence-electron chi connectivity index (χ2n) is 4.49. The van der Waals surface area contributed by atoms with E-state index in [4.69, 9.17) is 0 Å². The normalized spacial score (nSPS) is 14.4. The predicted molar refractivity (Wildman–Crippen MR) is 71.8 cm³/mol. The van der Waals surface area contributed by atoms with Gasteiger partial charge in [-0.1, -0.05) is 43.3 Å². The Kier molecular flexibility index (Phi) is 5.87. The molecule has 0 fully saturated rings. The summed E-state index contributed by atoms with van der Waals surface area (Å²) in [5.74, 6) is 0.576. The predicted octanol–water partition coefficient (Wildman–Crippen LogP) is 3.73. The van der Waals surface area contributed by atoms with Gasteiger partial charge in [-0.15, -0.1) is 6.58 Å². The van der Waals surface area contributed by atoms with Gasteiger partial charge in [-0.3, -0.25) is 0 Å². The third kappa shape index (κ3) is 4.63. The molecule has 0 aliphatic rings. The summed E-state index contributed by atoms with van der Waals surface area (Å²) in [6.45, 7) is 9.30. The zero-order valence-electron chi connectivity index (χ0n) is 10.4. The lowest BCUT2D eigenvalue weighted by Gasteiger charge is -2.17. The highest BCUT2D eigenvalue weighted by molar-refractivity contribution is 5.18. The maximum absolute atomic E-state index is 3.75. The van der Waals surface area contributed by atoms with Crippen LogP contribution in [0.5, 0.6) is 0 Å². The molecule has 0 radical (unpaired) electrons. The van der Waals surface area contributed by atoms with E-state index < -0.39 is 0 Å². The summed E-state index contributed by atoms with van der Waals surface area (Å²) in [5.41, 5.74) is 1.41. The first kappa shape index (κ1) is 13.0. The maximum atomic E-state index is 3.75. The van der Waals surface area contributed by atoms with E-state index in [0.717, 1.165) is 13.0 Å². The van der Waals surface area contributed by atoms with Crippen LogP contribution in [0, 0.1) is 0 Å². The average Bonchev–Trinajstić information content (AvgIpc) is 2.34. The number of hydrogen-bond acceptors (Lipinski definition) is 1. The number of benzene rings is 1. The van der Waals surface area contributed by atoms with E-state index in [1.165, 1.54) is 12.0 Å². The molecule has 88 valence electrons. The van der Waals surface area contributed by atoms with Gasteiger partial charge in [-0.2, -0.15) is 0 Å². The Labute approximate surface area is 99.6 Å². The third-order valence-corrected chi connectivity index (χ3v) is 2.94. The molecule has 0 aliphatic carbocycles. The number of rotatable bonds is 7. The van der Waals surface area contributed by atoms with Crippen LogP contribution in [0.1, 0.15) is 38.2 Å². The number of hydrogen-bond donors (Lipinski definition) is 1. The number of nitrogens with one attached hydrogen (secondary N) is 1. The van der Waals surface area contributed by atoms with E-state index in [2.05, 4.69) is 56.1 Å². The first-order chi connectivity index (χ1) is 7.74. The lowest BCUT2D eigenvalue weighted by Crippen LogP contribution is -2.29. The van der Waals surface area contributed by atoms with Crippen LogP contribution >= 0.6 is 0 Å². The first-order valence-corrected chi connectivity index (χ1v) is 6.13. The van der Waals surface area contributed by atoms with Crippen molar-refractivity contribution in [3.8, 4) is 0 Å². The fourth-order valence-corrected chi connectivity index (χ4v) is 1.75. The molecule has 0 heterocycles. The fourth-order valence-electron chi connectivity index (χ4n) is 1.75. The Hall–Kier alpha value is -1.08. The van der Waals surface area contributed by atoms with Crippen LogP contribution in [0.4, 0.5) is 0 Å². The van der Waals surface area contributed by atoms with Crippen molar-refractivity contribution >= 4 is 0 Å². The Morgan fingerprint density at radius 1 is 1.25 bits per heavy atom. The van der Waals surface area contributed by atoms with Crippen molar-refractivity contribution in [3.63, 3.8) is 0 Å². The van der Waals surface area contributed by atoms with E-state index in [1.54, 1.807) is 0 Å². The largest absolute Gasteiger partial charge is 0.314 e. The van der Waals surface area contributed by atoms with Gasteiger partial charge in [-0.05, 0) is 31.2 Å². The average molecular weight is 217 g/mol. The highest BCUT2D eigenvalue weighted by Gasteiger charge is 2.06. The second kappa shape index (κ2) is 7.24. The van der Waals surface area contributed by atoms with E-state index in [1.807, 2.05) is 6.08 Å². The summed E-state index contributed by atoms with van der Waals surface area (Å²) in [6, 6.07) is 11.2. The summed E-state index contributed by atoms with van der Waals surface area (Å²) in [7, 11) is 0. The summed E-state index contributed by atoms with van der Waals surface area (Å²) in [6.07, 6.45) is 4.25. The molecule has 0 aliphatic heterocycles. The molecule has 1 N–H and O–H groups in total. The van der Waals surface area contributed by atoms with Gasteiger partial charge in [0.25, 0.3) is 0 Å². The second-order valence-corrected chi connectivity index (χ2v) is 4.49. The minimum atomic E-state index is 0.573. The monoisotopic (exact) mass is 217 g/mol. The standard InChI is InChI=1S/C15H23N/c1-4-5-9-14(3)16-12-13(2)15-10-7-6-8-11-15/h4,6-8,10-11,13-14,16H,1,5,9,12H2,2-3H3. The fraction of sp³-hybridized carbons (Fsp3) is 0.467. The SMILES string of the molecule is C=CCCC(C)NCC(C)c1ccccc1. The van der Waals surface area contributed by atoms with Gasteiger partial charge < -0.3 is 5.32 Å². The highest BCUT2D eigenvalue weighted by Crippen LogP contribution is 2.13. The minimum absolute atomic E-state index is 0.573. The molecule has 0 saturated carbocycles. The van der Waals surface area contributed by atoms with Crippen molar-refractivity contribution in [2.45, 2.75) is 38.6 Å². The molecule has 0 aromatic heterocycles. The van der Waals surface area contributed by atoms with Crippen LogP contribution in [-0.2, 0) is 0 Å². The zero-order chi connectivity index (χ0) is 11.8. The molecule has 16 heavy (non-hydrogen) atoms. The summed E-state index contributed by atoms with van der Waals surface area (Å²) >= 11 is 0. The van der Waals surface area contributed by atoms with Crippen molar-refractivity contribution in [3.05, 3.63) is 48.6 Å². The lowest BCUT2D eigenvalue weighted by molar-refractivity contribution is 0.495. The quantitative estimate of drug-likeness (QED) is 0.686. The van der Waals surface area contributed by atoms with Gasteiger partial charge in [0.2, 0.25) is 0 Å². The molecule has 1 aromatic carbocycles. The van der Waals surface area contributed by atoms with Crippen molar-refractivity contribution in [1.82, 2.24) is 5.32 Å². The molecule has 0 bridgehead atoms. The van der Waals surface area contributed by atoms with Crippen molar-refractivity contribution < 1.29 is 0 Å². The van der Waals surface area contributed by atoms with Gasteiger partial charge in [-0.25, -0.2) is 0 Å². The van der Waals surface area contributed by atoms with E-state index in [0.29, 0.717) is 12.0 Å². The van der Waals surface area contributed by atoms with Gasteiger partial charge >= 0.3 is 0 Å². The topological polar surface area (TPSA) is 12.0 Å². The van der Waals surface area contributed by atoms with Crippen molar-refractivity contribution in [1.29, 1.82) is 0 Å². The van der Waals surface area contributed by atoms with Crippen LogP contribution in [0.15, 0.2) is 43.0 Å². The van der Waals surface area contributed by atoms with Crippen LogP contribution in [0.2, 0.25) is 0 Å². The summed E-state index contributed by atoms with van der Waals surface area (Å²) in [5, 5.41) is 3.57. The molecule has 1 heteroatoms. The molecule has 1 aromatic rings. The Balaban J connectivity index is 2.30.